The number of aryl methyl sites for hydroxylation is 3. The standard InChI is InChI=1S/C18H24N2OS2/c1-4-7-17-19-15(11-23-17)10-22-12-16(21)20-18-13(3)8-6-9-14(18)5-2/h6,8-9,11H,4-5,7,10,12H2,1-3H3,(H,20,21). The Morgan fingerprint density at radius 1 is 1.35 bits per heavy atom. The summed E-state index contributed by atoms with van der Waals surface area (Å²) in [6.07, 6.45) is 3.09. The fourth-order valence-corrected chi connectivity index (χ4v) is 4.09. The molecule has 0 aliphatic heterocycles. The van der Waals surface area contributed by atoms with Crippen molar-refractivity contribution < 1.29 is 4.79 Å². The molecule has 0 atom stereocenters. The zero-order chi connectivity index (χ0) is 16.7. The predicted octanol–water partition coefficient (Wildman–Crippen LogP) is 4.84. The number of carbonyl (C=O) groups is 1. The first-order valence-electron chi connectivity index (χ1n) is 8.03. The van der Waals surface area contributed by atoms with Gasteiger partial charge in [0.15, 0.2) is 0 Å². The van der Waals surface area contributed by atoms with Gasteiger partial charge in [0.2, 0.25) is 5.91 Å². The van der Waals surface area contributed by atoms with Gasteiger partial charge in [0.1, 0.15) is 0 Å². The third kappa shape index (κ3) is 5.36. The minimum absolute atomic E-state index is 0.0583. The first-order valence-corrected chi connectivity index (χ1v) is 10.1. The molecule has 1 aromatic carbocycles. The van der Waals surface area contributed by atoms with Crippen LogP contribution in [0.25, 0.3) is 0 Å². The van der Waals surface area contributed by atoms with Gasteiger partial charge in [0.25, 0.3) is 0 Å². The van der Waals surface area contributed by atoms with E-state index in [9.17, 15) is 4.79 Å². The molecule has 2 aromatic rings. The van der Waals surface area contributed by atoms with Crippen molar-refractivity contribution in [1.29, 1.82) is 0 Å². The fraction of sp³-hybridized carbons (Fsp3) is 0.444. The van der Waals surface area contributed by atoms with Gasteiger partial charge in [-0.3, -0.25) is 4.79 Å². The van der Waals surface area contributed by atoms with Crippen LogP contribution in [0.2, 0.25) is 0 Å². The Kier molecular flexibility index (Phi) is 7.12. The second kappa shape index (κ2) is 9.08. The lowest BCUT2D eigenvalue weighted by Gasteiger charge is -2.12. The molecule has 0 aliphatic carbocycles. The highest BCUT2D eigenvalue weighted by Crippen LogP contribution is 2.22. The van der Waals surface area contributed by atoms with Gasteiger partial charge < -0.3 is 5.32 Å². The molecular formula is C18H24N2OS2. The number of thioether (sulfide) groups is 1. The highest BCUT2D eigenvalue weighted by atomic mass is 32.2. The average molecular weight is 349 g/mol. The Morgan fingerprint density at radius 2 is 2.17 bits per heavy atom. The number of amides is 1. The third-order valence-corrected chi connectivity index (χ3v) is 5.47. The number of benzene rings is 1. The number of aromatic nitrogens is 1. The number of rotatable bonds is 8. The van der Waals surface area contributed by atoms with E-state index < -0.39 is 0 Å². The van der Waals surface area contributed by atoms with Crippen molar-refractivity contribution in [3.8, 4) is 0 Å². The Hall–Kier alpha value is -1.33. The number of anilines is 1. The van der Waals surface area contributed by atoms with Crippen molar-refractivity contribution in [3.05, 3.63) is 45.4 Å². The van der Waals surface area contributed by atoms with Crippen LogP contribution >= 0.6 is 23.1 Å². The predicted molar refractivity (Wildman–Crippen MR) is 101 cm³/mol. The van der Waals surface area contributed by atoms with Crippen LogP contribution < -0.4 is 5.32 Å². The van der Waals surface area contributed by atoms with Crippen LogP contribution in [-0.4, -0.2) is 16.6 Å². The maximum atomic E-state index is 12.2. The molecule has 23 heavy (non-hydrogen) atoms. The first kappa shape index (κ1) is 18.0. The molecule has 1 amide bonds. The largest absolute Gasteiger partial charge is 0.325 e. The van der Waals surface area contributed by atoms with Crippen molar-refractivity contribution in [2.24, 2.45) is 0 Å². The molecule has 0 fully saturated rings. The molecule has 0 aliphatic rings. The minimum atomic E-state index is 0.0583. The van der Waals surface area contributed by atoms with Gasteiger partial charge in [-0.15, -0.1) is 23.1 Å². The molecule has 1 aromatic heterocycles. The summed E-state index contributed by atoms with van der Waals surface area (Å²) >= 11 is 3.33. The van der Waals surface area contributed by atoms with Gasteiger partial charge in [0, 0.05) is 16.8 Å². The van der Waals surface area contributed by atoms with Gasteiger partial charge in [-0.2, -0.15) is 0 Å². The molecule has 0 spiro atoms. The van der Waals surface area contributed by atoms with Crippen LogP contribution in [0.5, 0.6) is 0 Å². The molecular weight excluding hydrogens is 324 g/mol. The van der Waals surface area contributed by atoms with E-state index in [2.05, 4.69) is 35.6 Å². The Labute approximate surface area is 146 Å². The topological polar surface area (TPSA) is 42.0 Å². The summed E-state index contributed by atoms with van der Waals surface area (Å²) in [5.74, 6) is 1.31. The number of carbonyl (C=O) groups excluding carboxylic acids is 1. The molecule has 124 valence electrons. The monoisotopic (exact) mass is 348 g/mol. The van der Waals surface area contributed by atoms with Crippen molar-refractivity contribution in [2.45, 2.75) is 45.8 Å². The zero-order valence-electron chi connectivity index (χ0n) is 14.0. The van der Waals surface area contributed by atoms with E-state index in [-0.39, 0.29) is 5.91 Å². The van der Waals surface area contributed by atoms with Crippen molar-refractivity contribution in [3.63, 3.8) is 0 Å². The minimum Gasteiger partial charge on any atom is -0.325 e. The highest BCUT2D eigenvalue weighted by Gasteiger charge is 2.09. The van der Waals surface area contributed by atoms with E-state index in [1.54, 1.807) is 23.1 Å². The van der Waals surface area contributed by atoms with Crippen LogP contribution in [0, 0.1) is 6.92 Å². The maximum absolute atomic E-state index is 12.2. The molecule has 2 rings (SSSR count). The molecule has 5 heteroatoms. The van der Waals surface area contributed by atoms with Gasteiger partial charge in [0.05, 0.1) is 16.5 Å². The molecule has 0 unspecified atom stereocenters. The van der Waals surface area contributed by atoms with Gasteiger partial charge in [-0.05, 0) is 37.3 Å². The van der Waals surface area contributed by atoms with Crippen LogP contribution in [0.1, 0.15) is 42.1 Å². The van der Waals surface area contributed by atoms with Crippen molar-refractivity contribution in [2.75, 3.05) is 11.1 Å². The van der Waals surface area contributed by atoms with Gasteiger partial charge in [-0.25, -0.2) is 4.98 Å². The third-order valence-electron chi connectivity index (χ3n) is 3.55. The van der Waals surface area contributed by atoms with E-state index in [1.165, 1.54) is 10.6 Å². The summed E-state index contributed by atoms with van der Waals surface area (Å²) in [6, 6.07) is 6.14. The zero-order valence-corrected chi connectivity index (χ0v) is 15.6. The number of hydrogen-bond donors (Lipinski definition) is 1. The van der Waals surface area contributed by atoms with Crippen LogP contribution in [0.4, 0.5) is 5.69 Å². The van der Waals surface area contributed by atoms with Gasteiger partial charge in [-0.1, -0.05) is 32.0 Å². The second-order valence-electron chi connectivity index (χ2n) is 5.49. The Bertz CT molecular complexity index is 652. The van der Waals surface area contributed by atoms with Crippen LogP contribution in [0.3, 0.4) is 0 Å². The average Bonchev–Trinajstić information content (AvgIpc) is 2.97. The number of para-hydroxylation sites is 1. The quantitative estimate of drug-likeness (QED) is 0.742. The second-order valence-corrected chi connectivity index (χ2v) is 7.41. The summed E-state index contributed by atoms with van der Waals surface area (Å²) in [5.41, 5.74) is 4.36. The summed E-state index contributed by atoms with van der Waals surface area (Å²) < 4.78 is 0. The summed E-state index contributed by atoms with van der Waals surface area (Å²) in [6.45, 7) is 6.30. The van der Waals surface area contributed by atoms with Crippen molar-refractivity contribution in [1.82, 2.24) is 4.98 Å². The molecule has 0 saturated heterocycles. The molecule has 0 saturated carbocycles. The number of nitrogens with zero attached hydrogens (tertiary/aromatic N) is 1. The SMILES string of the molecule is CCCc1nc(CSCC(=O)Nc2c(C)cccc2CC)cs1. The number of thiazole rings is 1. The van der Waals surface area contributed by atoms with E-state index in [0.717, 1.165) is 42.0 Å². The smallest absolute Gasteiger partial charge is 0.234 e. The first-order chi connectivity index (χ1) is 11.1. The summed E-state index contributed by atoms with van der Waals surface area (Å²) in [7, 11) is 0. The molecule has 0 bridgehead atoms. The van der Waals surface area contributed by atoms with Crippen LogP contribution in [-0.2, 0) is 23.4 Å². The molecule has 1 N–H and O–H groups in total. The van der Waals surface area contributed by atoms with E-state index in [4.69, 9.17) is 0 Å². The molecule has 0 radical (unpaired) electrons. The van der Waals surface area contributed by atoms with E-state index in [0.29, 0.717) is 5.75 Å². The number of nitrogens with one attached hydrogen (secondary N) is 1. The normalized spacial score (nSPS) is 10.7. The molecule has 3 nitrogen and oxygen atoms in total. The lowest BCUT2D eigenvalue weighted by atomic mass is 10.1. The van der Waals surface area contributed by atoms with E-state index >= 15 is 0 Å². The lowest BCUT2D eigenvalue weighted by molar-refractivity contribution is -0.113. The Balaban J connectivity index is 1.83. The maximum Gasteiger partial charge on any atom is 0.234 e. The van der Waals surface area contributed by atoms with Crippen molar-refractivity contribution >= 4 is 34.7 Å². The van der Waals surface area contributed by atoms with E-state index in [1.807, 2.05) is 19.1 Å². The van der Waals surface area contributed by atoms with Crippen LogP contribution in [0.15, 0.2) is 23.6 Å². The summed E-state index contributed by atoms with van der Waals surface area (Å²) in [4.78, 5) is 16.8. The molecule has 1 heterocycles. The highest BCUT2D eigenvalue weighted by molar-refractivity contribution is 7.99. The fourth-order valence-electron chi connectivity index (χ4n) is 2.37. The number of hydrogen-bond acceptors (Lipinski definition) is 4. The Morgan fingerprint density at radius 3 is 2.91 bits per heavy atom. The lowest BCUT2D eigenvalue weighted by Crippen LogP contribution is -2.16. The summed E-state index contributed by atoms with van der Waals surface area (Å²) in [5, 5.41) is 6.36. The van der Waals surface area contributed by atoms with Gasteiger partial charge >= 0.3 is 0 Å².